The molecule has 7 nitrogen and oxygen atoms in total. The van der Waals surface area contributed by atoms with Crippen LogP contribution >= 0.6 is 0 Å². The lowest BCUT2D eigenvalue weighted by Crippen LogP contribution is -2.37. The molecule has 1 aromatic heterocycles. The van der Waals surface area contributed by atoms with Crippen molar-refractivity contribution in [1.29, 1.82) is 0 Å². The number of dihydropyridines is 1. The number of ketones is 1. The summed E-state index contributed by atoms with van der Waals surface area (Å²) in [5, 5.41) is 4.38. The van der Waals surface area contributed by atoms with Crippen LogP contribution in [0.2, 0.25) is 0 Å². The number of allylic oxidation sites excluding steroid dienone is 3. The number of benzene rings is 2. The van der Waals surface area contributed by atoms with Crippen LogP contribution in [0.4, 0.5) is 0 Å². The zero-order valence-corrected chi connectivity index (χ0v) is 22.2. The molecule has 3 aromatic rings. The van der Waals surface area contributed by atoms with Crippen LogP contribution < -0.4 is 10.1 Å². The van der Waals surface area contributed by atoms with Gasteiger partial charge in [0, 0.05) is 59.6 Å². The number of esters is 1. The first kappa shape index (κ1) is 25.3. The van der Waals surface area contributed by atoms with Crippen LogP contribution in [0.1, 0.15) is 55.6 Å². The van der Waals surface area contributed by atoms with Gasteiger partial charge in [0.15, 0.2) is 5.78 Å². The first-order valence-corrected chi connectivity index (χ1v) is 13.5. The molecule has 2 aliphatic heterocycles. The summed E-state index contributed by atoms with van der Waals surface area (Å²) >= 11 is 0. The van der Waals surface area contributed by atoms with Gasteiger partial charge in [-0.15, -0.1) is 0 Å². The number of para-hydroxylation sites is 2. The fourth-order valence-corrected chi connectivity index (χ4v) is 6.22. The number of carbonyl (C=O) groups excluding carboxylic acids is 2. The number of nitrogens with zero attached hydrogens (tertiary/aromatic N) is 1. The average molecular weight is 525 g/mol. The van der Waals surface area contributed by atoms with E-state index in [2.05, 4.69) is 10.3 Å². The van der Waals surface area contributed by atoms with Crippen molar-refractivity contribution in [1.82, 2.24) is 10.3 Å². The van der Waals surface area contributed by atoms with E-state index in [9.17, 15) is 9.59 Å². The van der Waals surface area contributed by atoms with Crippen molar-refractivity contribution in [2.45, 2.75) is 50.5 Å². The summed E-state index contributed by atoms with van der Waals surface area (Å²) in [5.41, 5.74) is 5.41. The highest BCUT2D eigenvalue weighted by Crippen LogP contribution is 2.48. The summed E-state index contributed by atoms with van der Waals surface area (Å²) in [7, 11) is 1.65. The maximum atomic E-state index is 14.1. The van der Waals surface area contributed by atoms with Crippen molar-refractivity contribution in [2.75, 3.05) is 20.3 Å². The molecule has 1 fully saturated rings. The number of rotatable bonds is 5. The Bertz CT molecular complexity index is 1500. The number of aromatic nitrogens is 1. The van der Waals surface area contributed by atoms with Crippen LogP contribution in [-0.2, 0) is 19.1 Å². The Labute approximate surface area is 227 Å². The molecule has 2 atom stereocenters. The number of hydrogen-bond donors (Lipinski definition) is 1. The van der Waals surface area contributed by atoms with E-state index in [4.69, 9.17) is 14.2 Å². The highest BCUT2D eigenvalue weighted by Gasteiger charge is 2.42. The van der Waals surface area contributed by atoms with Gasteiger partial charge < -0.3 is 19.5 Å². The predicted molar refractivity (Wildman–Crippen MR) is 147 cm³/mol. The van der Waals surface area contributed by atoms with Crippen molar-refractivity contribution in [3.8, 4) is 5.75 Å². The number of fused-ring (bicyclic) bond motifs is 1. The van der Waals surface area contributed by atoms with E-state index in [1.807, 2.05) is 61.5 Å². The maximum absolute atomic E-state index is 14.1. The molecule has 2 aromatic carbocycles. The summed E-state index contributed by atoms with van der Waals surface area (Å²) in [6.07, 6.45) is 3.86. The monoisotopic (exact) mass is 524 g/mol. The van der Waals surface area contributed by atoms with Crippen LogP contribution in [0.25, 0.3) is 10.9 Å². The minimum Gasteiger partial charge on any atom is -0.496 e. The van der Waals surface area contributed by atoms with Crippen LogP contribution in [0.3, 0.4) is 0 Å². The topological polar surface area (TPSA) is 86.8 Å². The average Bonchev–Trinajstić information content (AvgIpc) is 2.96. The minimum absolute atomic E-state index is 0.0226. The summed E-state index contributed by atoms with van der Waals surface area (Å²) in [6, 6.07) is 17.6. The Morgan fingerprint density at radius 2 is 1.77 bits per heavy atom. The highest BCUT2D eigenvalue weighted by atomic mass is 16.6. The maximum Gasteiger partial charge on any atom is 0.337 e. The van der Waals surface area contributed by atoms with Gasteiger partial charge in [0.05, 0.1) is 31.4 Å². The molecule has 0 amide bonds. The molecular weight excluding hydrogens is 492 g/mol. The van der Waals surface area contributed by atoms with Gasteiger partial charge in [-0.2, -0.15) is 0 Å². The van der Waals surface area contributed by atoms with E-state index in [1.54, 1.807) is 13.3 Å². The summed E-state index contributed by atoms with van der Waals surface area (Å²) in [5.74, 6) is -0.163. The molecule has 1 aliphatic carbocycles. The lowest BCUT2D eigenvalue weighted by molar-refractivity contribution is -0.148. The van der Waals surface area contributed by atoms with Crippen molar-refractivity contribution < 1.29 is 23.8 Å². The smallest absolute Gasteiger partial charge is 0.337 e. The third-order valence-electron chi connectivity index (χ3n) is 8.06. The van der Waals surface area contributed by atoms with Gasteiger partial charge in [-0.25, -0.2) is 4.79 Å². The first-order valence-electron chi connectivity index (χ1n) is 13.5. The van der Waals surface area contributed by atoms with E-state index < -0.39 is 5.92 Å². The Balaban J connectivity index is 1.45. The normalized spacial score (nSPS) is 21.9. The van der Waals surface area contributed by atoms with Crippen molar-refractivity contribution in [2.24, 2.45) is 0 Å². The van der Waals surface area contributed by atoms with Gasteiger partial charge in [0.25, 0.3) is 0 Å². The second-order valence-corrected chi connectivity index (χ2v) is 10.4. The third kappa shape index (κ3) is 4.72. The molecule has 7 heteroatoms. The minimum atomic E-state index is -0.549. The van der Waals surface area contributed by atoms with E-state index in [1.165, 1.54) is 0 Å². The molecule has 200 valence electrons. The number of pyridine rings is 1. The first-order chi connectivity index (χ1) is 19.0. The summed E-state index contributed by atoms with van der Waals surface area (Å²) in [4.78, 5) is 32.4. The Kier molecular flexibility index (Phi) is 6.92. The van der Waals surface area contributed by atoms with E-state index in [-0.39, 0.29) is 23.8 Å². The number of carbonyl (C=O) groups is 2. The molecule has 3 heterocycles. The fraction of sp³-hybridized carbons (Fsp3) is 0.344. The van der Waals surface area contributed by atoms with E-state index in [0.29, 0.717) is 55.7 Å². The molecule has 6 rings (SSSR count). The quantitative estimate of drug-likeness (QED) is 0.452. The highest BCUT2D eigenvalue weighted by molar-refractivity contribution is 6.05. The standard InChI is InChI=1S/C32H32N2O5/c1-19-29(32(36)39-21-12-15-38-16-13-21)30(24-11-14-33-25-9-5-3-8-23(24)25)31-26(34-19)17-20(18-27(31)35)22-7-4-6-10-28(22)37-2/h3-11,14,20-21,30,34H,12-13,15-18H2,1-2H3. The number of ether oxygens (including phenoxy) is 3. The van der Waals surface area contributed by atoms with Crippen LogP contribution in [0, 0.1) is 0 Å². The summed E-state index contributed by atoms with van der Waals surface area (Å²) < 4.78 is 17.1. The zero-order chi connectivity index (χ0) is 26.9. The fourth-order valence-electron chi connectivity index (χ4n) is 6.22. The SMILES string of the molecule is COc1ccccc1C1CC(=O)C2=C(C1)NC(C)=C(C(=O)OC1CCOCC1)C2c1ccnc2ccccc12. The molecule has 39 heavy (non-hydrogen) atoms. The van der Waals surface area contributed by atoms with Gasteiger partial charge in [-0.3, -0.25) is 9.78 Å². The molecule has 1 saturated heterocycles. The van der Waals surface area contributed by atoms with Gasteiger partial charge in [0.2, 0.25) is 0 Å². The van der Waals surface area contributed by atoms with Crippen molar-refractivity contribution >= 4 is 22.7 Å². The summed E-state index contributed by atoms with van der Waals surface area (Å²) in [6.45, 7) is 3.05. The zero-order valence-electron chi connectivity index (χ0n) is 22.2. The molecule has 3 aliphatic rings. The largest absolute Gasteiger partial charge is 0.496 e. The second-order valence-electron chi connectivity index (χ2n) is 10.4. The van der Waals surface area contributed by atoms with Gasteiger partial charge in [-0.05, 0) is 42.7 Å². The third-order valence-corrected chi connectivity index (χ3v) is 8.06. The predicted octanol–water partition coefficient (Wildman–Crippen LogP) is 5.33. The molecule has 2 unspecified atom stereocenters. The van der Waals surface area contributed by atoms with Crippen LogP contribution in [0.15, 0.2) is 83.3 Å². The van der Waals surface area contributed by atoms with Crippen LogP contribution in [0.5, 0.6) is 5.75 Å². The van der Waals surface area contributed by atoms with E-state index in [0.717, 1.165) is 33.5 Å². The van der Waals surface area contributed by atoms with Gasteiger partial charge in [0.1, 0.15) is 11.9 Å². The molecule has 0 bridgehead atoms. The molecule has 0 spiro atoms. The van der Waals surface area contributed by atoms with Crippen molar-refractivity contribution in [3.05, 3.63) is 94.5 Å². The van der Waals surface area contributed by atoms with Crippen molar-refractivity contribution in [3.63, 3.8) is 0 Å². The van der Waals surface area contributed by atoms with Gasteiger partial charge >= 0.3 is 5.97 Å². The van der Waals surface area contributed by atoms with Crippen LogP contribution in [-0.4, -0.2) is 43.2 Å². The number of hydrogen-bond acceptors (Lipinski definition) is 7. The van der Waals surface area contributed by atoms with Gasteiger partial charge in [-0.1, -0.05) is 36.4 Å². The second kappa shape index (κ2) is 10.7. The molecule has 0 radical (unpaired) electrons. The number of Topliss-reactive ketones (excluding diaryl/α,β-unsaturated/α-hetero) is 1. The number of nitrogens with one attached hydrogen (secondary N) is 1. The number of methoxy groups -OCH3 is 1. The molecular formula is C32H32N2O5. The molecule has 0 saturated carbocycles. The Morgan fingerprint density at radius 1 is 1.00 bits per heavy atom. The lowest BCUT2D eigenvalue weighted by Gasteiger charge is -2.37. The lowest BCUT2D eigenvalue weighted by atomic mass is 9.71. The Hall–Kier alpha value is -3.97. The Morgan fingerprint density at radius 3 is 2.59 bits per heavy atom. The molecule has 1 N–H and O–H groups in total. The van der Waals surface area contributed by atoms with E-state index >= 15 is 0 Å².